The first-order valence-electron chi connectivity index (χ1n) is 11.8. The molecule has 2 saturated heterocycles. The Morgan fingerprint density at radius 3 is 1.35 bits per heavy atom. The molecule has 2 aromatic carbocycles. The van der Waals surface area contributed by atoms with Gasteiger partial charge in [0.1, 0.15) is 24.7 Å². The molecule has 8 heteroatoms. The molecule has 0 bridgehead atoms. The number of nitrogens with zero attached hydrogens (tertiary/aromatic N) is 2. The number of ether oxygens (including phenoxy) is 2. The lowest BCUT2D eigenvalue weighted by Crippen LogP contribution is -2.25. The van der Waals surface area contributed by atoms with Crippen molar-refractivity contribution in [2.45, 2.75) is 25.7 Å². The molecular formula is C26H32Cl2N2O4. The number of rotatable bonds is 8. The van der Waals surface area contributed by atoms with Gasteiger partial charge in [-0.1, -0.05) is 0 Å². The normalized spacial score (nSPS) is 17.5. The fourth-order valence-electron chi connectivity index (χ4n) is 4.89. The van der Waals surface area contributed by atoms with Gasteiger partial charge in [-0.05, 0) is 88.3 Å². The molecule has 34 heavy (non-hydrogen) atoms. The molecule has 0 spiro atoms. The summed E-state index contributed by atoms with van der Waals surface area (Å²) in [6.07, 6.45) is 5.00. The summed E-state index contributed by atoms with van der Waals surface area (Å²) in [6, 6.07) is 10.4. The standard InChI is InChI=1S/C26H30N2O4.2ClH/c29-25-22-8-6-20(32-16-14-28-11-3-4-12-28)18-24(22)26(30)21-7-5-19(17-23(21)25)31-15-13-27-9-1-2-10-27;;/h5-8,17-18H,1-4,9-16H2;2*1H. The minimum atomic E-state index is -0.136. The van der Waals surface area contributed by atoms with Crippen molar-refractivity contribution in [1.82, 2.24) is 9.80 Å². The van der Waals surface area contributed by atoms with Crippen LogP contribution in [0.1, 0.15) is 57.5 Å². The third kappa shape index (κ3) is 5.74. The summed E-state index contributed by atoms with van der Waals surface area (Å²) < 4.78 is 11.8. The zero-order valence-corrected chi connectivity index (χ0v) is 20.9. The van der Waals surface area contributed by atoms with Crippen LogP contribution in [0.2, 0.25) is 0 Å². The van der Waals surface area contributed by atoms with Crippen LogP contribution in [0.4, 0.5) is 0 Å². The maximum absolute atomic E-state index is 13.1. The molecule has 2 heterocycles. The van der Waals surface area contributed by atoms with E-state index in [9.17, 15) is 9.59 Å². The van der Waals surface area contributed by atoms with Crippen LogP contribution < -0.4 is 9.47 Å². The molecule has 3 aliphatic rings. The topological polar surface area (TPSA) is 59.1 Å². The van der Waals surface area contributed by atoms with Gasteiger partial charge in [-0.25, -0.2) is 0 Å². The van der Waals surface area contributed by atoms with E-state index in [0.717, 1.165) is 39.3 Å². The van der Waals surface area contributed by atoms with Gasteiger partial charge < -0.3 is 9.47 Å². The van der Waals surface area contributed by atoms with Gasteiger partial charge in [0.25, 0.3) is 0 Å². The Hall–Kier alpha value is -2.12. The Morgan fingerprint density at radius 1 is 0.588 bits per heavy atom. The third-order valence-electron chi connectivity index (χ3n) is 6.71. The number of halogens is 2. The van der Waals surface area contributed by atoms with E-state index >= 15 is 0 Å². The van der Waals surface area contributed by atoms with Crippen molar-refractivity contribution in [3.63, 3.8) is 0 Å². The van der Waals surface area contributed by atoms with E-state index in [2.05, 4.69) is 9.80 Å². The molecule has 6 nitrogen and oxygen atoms in total. The van der Waals surface area contributed by atoms with Crippen LogP contribution in [-0.2, 0) is 0 Å². The second-order valence-corrected chi connectivity index (χ2v) is 8.87. The first-order chi connectivity index (χ1) is 15.7. The molecule has 0 aromatic heterocycles. The molecule has 0 radical (unpaired) electrons. The lowest BCUT2D eigenvalue weighted by molar-refractivity contribution is 0.0978. The Balaban J connectivity index is 0.00000162. The first kappa shape index (κ1) is 26.5. The highest BCUT2D eigenvalue weighted by atomic mass is 35.5. The maximum Gasteiger partial charge on any atom is 0.194 e. The van der Waals surface area contributed by atoms with E-state index in [1.807, 2.05) is 0 Å². The maximum atomic E-state index is 13.1. The predicted molar refractivity (Wildman–Crippen MR) is 137 cm³/mol. The van der Waals surface area contributed by atoms with Gasteiger partial charge in [0, 0.05) is 35.3 Å². The Kier molecular flexibility index (Phi) is 9.37. The number of hydrogen-bond acceptors (Lipinski definition) is 6. The average Bonchev–Trinajstić information content (AvgIpc) is 3.52. The number of likely N-dealkylation sites (tertiary alicyclic amines) is 2. The predicted octanol–water partition coefficient (Wildman–Crippen LogP) is 4.25. The fourth-order valence-corrected chi connectivity index (χ4v) is 4.89. The number of ketones is 2. The van der Waals surface area contributed by atoms with Crippen molar-refractivity contribution < 1.29 is 19.1 Å². The molecular weight excluding hydrogens is 475 g/mol. The van der Waals surface area contributed by atoms with Gasteiger partial charge in [0.05, 0.1) is 0 Å². The van der Waals surface area contributed by atoms with Gasteiger partial charge in [0.15, 0.2) is 11.6 Å². The van der Waals surface area contributed by atoms with Crippen molar-refractivity contribution in [1.29, 1.82) is 0 Å². The number of fused-ring (bicyclic) bond motifs is 2. The van der Waals surface area contributed by atoms with Gasteiger partial charge >= 0.3 is 0 Å². The van der Waals surface area contributed by atoms with Crippen LogP contribution in [0, 0.1) is 0 Å². The summed E-state index contributed by atoms with van der Waals surface area (Å²) in [7, 11) is 0. The van der Waals surface area contributed by atoms with E-state index in [-0.39, 0.29) is 36.4 Å². The summed E-state index contributed by atoms with van der Waals surface area (Å²) in [4.78, 5) is 31.0. The van der Waals surface area contributed by atoms with Crippen molar-refractivity contribution in [3.05, 3.63) is 58.7 Å². The SMILES string of the molecule is Cl.Cl.O=C1c2ccc(OCCN3CCCC3)cc2C(=O)c2ccc(OCCN3CCCC3)cc21. The minimum absolute atomic E-state index is 0. The second-order valence-electron chi connectivity index (χ2n) is 8.87. The molecule has 5 rings (SSSR count). The van der Waals surface area contributed by atoms with E-state index < -0.39 is 0 Å². The molecule has 184 valence electrons. The molecule has 0 saturated carbocycles. The van der Waals surface area contributed by atoms with Crippen LogP contribution in [0.15, 0.2) is 36.4 Å². The minimum Gasteiger partial charge on any atom is -0.492 e. The summed E-state index contributed by atoms with van der Waals surface area (Å²) in [6.45, 7) is 7.43. The highest BCUT2D eigenvalue weighted by Crippen LogP contribution is 2.32. The Morgan fingerprint density at radius 2 is 0.971 bits per heavy atom. The van der Waals surface area contributed by atoms with Gasteiger partial charge in [-0.2, -0.15) is 0 Å². The van der Waals surface area contributed by atoms with Gasteiger partial charge in [-0.3, -0.25) is 19.4 Å². The van der Waals surface area contributed by atoms with Crippen LogP contribution in [0.3, 0.4) is 0 Å². The summed E-state index contributed by atoms with van der Waals surface area (Å²) in [5.41, 5.74) is 1.71. The molecule has 0 N–H and O–H groups in total. The van der Waals surface area contributed by atoms with Crippen LogP contribution >= 0.6 is 24.8 Å². The smallest absolute Gasteiger partial charge is 0.194 e. The Labute approximate surface area is 213 Å². The van der Waals surface area contributed by atoms with Crippen molar-refractivity contribution in [3.8, 4) is 11.5 Å². The molecule has 0 atom stereocenters. The van der Waals surface area contributed by atoms with E-state index in [4.69, 9.17) is 9.47 Å². The van der Waals surface area contributed by atoms with Crippen molar-refractivity contribution >= 4 is 36.4 Å². The molecule has 0 amide bonds. The second kappa shape index (κ2) is 12.0. The van der Waals surface area contributed by atoms with Gasteiger partial charge in [-0.15, -0.1) is 24.8 Å². The van der Waals surface area contributed by atoms with Crippen molar-refractivity contribution in [2.24, 2.45) is 0 Å². The molecule has 1 aliphatic carbocycles. The summed E-state index contributed by atoms with van der Waals surface area (Å²) in [5.74, 6) is 0.996. The van der Waals surface area contributed by atoms with E-state index in [1.165, 1.54) is 25.7 Å². The van der Waals surface area contributed by atoms with Gasteiger partial charge in [0.2, 0.25) is 0 Å². The fraction of sp³-hybridized carbons (Fsp3) is 0.462. The average molecular weight is 507 g/mol. The largest absolute Gasteiger partial charge is 0.492 e. The summed E-state index contributed by atoms with van der Waals surface area (Å²) in [5, 5.41) is 0. The Bertz CT molecular complexity index is 936. The third-order valence-corrected chi connectivity index (χ3v) is 6.71. The summed E-state index contributed by atoms with van der Waals surface area (Å²) >= 11 is 0. The molecule has 2 fully saturated rings. The van der Waals surface area contributed by atoms with Crippen LogP contribution in [-0.4, -0.2) is 73.8 Å². The van der Waals surface area contributed by atoms with Crippen LogP contribution in [0.25, 0.3) is 0 Å². The molecule has 2 aromatic rings. The number of benzene rings is 2. The number of carbonyl (C=O) groups is 2. The quantitative estimate of drug-likeness (QED) is 0.455. The molecule has 2 aliphatic heterocycles. The lowest BCUT2D eigenvalue weighted by Gasteiger charge is -2.20. The monoisotopic (exact) mass is 506 g/mol. The van der Waals surface area contributed by atoms with E-state index in [0.29, 0.717) is 47.0 Å². The van der Waals surface area contributed by atoms with E-state index in [1.54, 1.807) is 36.4 Å². The van der Waals surface area contributed by atoms with Crippen molar-refractivity contribution in [2.75, 3.05) is 52.5 Å². The highest BCUT2D eigenvalue weighted by Gasteiger charge is 2.30. The molecule has 0 unspecified atom stereocenters. The first-order valence-corrected chi connectivity index (χ1v) is 11.8. The zero-order chi connectivity index (χ0) is 21.9. The lowest BCUT2D eigenvalue weighted by atomic mass is 9.84. The zero-order valence-electron chi connectivity index (χ0n) is 19.3. The highest BCUT2D eigenvalue weighted by molar-refractivity contribution is 6.28. The number of hydrogen-bond donors (Lipinski definition) is 0. The number of carbonyl (C=O) groups excluding carboxylic acids is 2. The van der Waals surface area contributed by atoms with Crippen LogP contribution in [0.5, 0.6) is 11.5 Å².